The highest BCUT2D eigenvalue weighted by atomic mass is 35.5. The SMILES string of the molecule is Cc1cccc(C)c1C(N)c1cc2c(cc1Cl)OCCO2. The summed E-state index contributed by atoms with van der Waals surface area (Å²) >= 11 is 6.40. The molecule has 0 amide bonds. The van der Waals surface area contributed by atoms with Crippen LogP contribution in [0.5, 0.6) is 11.5 Å². The molecule has 2 aromatic rings. The Morgan fingerprint density at radius 2 is 1.62 bits per heavy atom. The van der Waals surface area contributed by atoms with Gasteiger partial charge in [-0.15, -0.1) is 0 Å². The molecule has 0 radical (unpaired) electrons. The summed E-state index contributed by atoms with van der Waals surface area (Å²) in [6.45, 7) is 5.22. The predicted molar refractivity (Wildman–Crippen MR) is 84.4 cm³/mol. The van der Waals surface area contributed by atoms with E-state index >= 15 is 0 Å². The molecular formula is C17H18ClNO2. The monoisotopic (exact) mass is 303 g/mol. The summed E-state index contributed by atoms with van der Waals surface area (Å²) < 4.78 is 11.2. The van der Waals surface area contributed by atoms with E-state index < -0.39 is 0 Å². The van der Waals surface area contributed by atoms with Crippen LogP contribution in [0.4, 0.5) is 0 Å². The molecule has 3 rings (SSSR count). The third-order valence-electron chi connectivity index (χ3n) is 3.85. The van der Waals surface area contributed by atoms with Crippen LogP contribution in [0.15, 0.2) is 30.3 Å². The van der Waals surface area contributed by atoms with Crippen LogP contribution in [0.25, 0.3) is 0 Å². The van der Waals surface area contributed by atoms with Crippen molar-refractivity contribution in [3.05, 3.63) is 57.6 Å². The molecule has 0 saturated heterocycles. The minimum atomic E-state index is -0.283. The molecule has 2 aromatic carbocycles. The highest BCUT2D eigenvalue weighted by Gasteiger charge is 2.21. The molecule has 21 heavy (non-hydrogen) atoms. The average molecular weight is 304 g/mol. The van der Waals surface area contributed by atoms with Crippen molar-refractivity contribution in [2.75, 3.05) is 13.2 Å². The molecule has 1 heterocycles. The number of fused-ring (bicyclic) bond motifs is 1. The van der Waals surface area contributed by atoms with Gasteiger partial charge >= 0.3 is 0 Å². The maximum absolute atomic E-state index is 6.47. The zero-order valence-electron chi connectivity index (χ0n) is 12.2. The largest absolute Gasteiger partial charge is 0.486 e. The van der Waals surface area contributed by atoms with E-state index in [4.69, 9.17) is 26.8 Å². The molecule has 1 unspecified atom stereocenters. The van der Waals surface area contributed by atoms with Crippen molar-refractivity contribution in [1.82, 2.24) is 0 Å². The number of aryl methyl sites for hydroxylation is 2. The Balaban J connectivity index is 2.07. The Hall–Kier alpha value is -1.71. The van der Waals surface area contributed by atoms with Crippen molar-refractivity contribution in [3.63, 3.8) is 0 Å². The summed E-state index contributed by atoms with van der Waals surface area (Å²) in [5.74, 6) is 1.39. The molecular weight excluding hydrogens is 286 g/mol. The summed E-state index contributed by atoms with van der Waals surface area (Å²) in [4.78, 5) is 0. The van der Waals surface area contributed by atoms with Gasteiger partial charge in [-0.3, -0.25) is 0 Å². The Labute approximate surface area is 129 Å². The molecule has 0 saturated carbocycles. The molecule has 1 aliphatic rings. The third-order valence-corrected chi connectivity index (χ3v) is 4.18. The number of ether oxygens (including phenoxy) is 2. The fraction of sp³-hybridized carbons (Fsp3) is 0.294. The zero-order valence-corrected chi connectivity index (χ0v) is 12.9. The zero-order chi connectivity index (χ0) is 15.0. The molecule has 1 atom stereocenters. The van der Waals surface area contributed by atoms with Crippen LogP contribution >= 0.6 is 11.6 Å². The highest BCUT2D eigenvalue weighted by molar-refractivity contribution is 6.31. The lowest BCUT2D eigenvalue weighted by Gasteiger charge is -2.23. The Bertz CT molecular complexity index is 664. The molecule has 4 heteroatoms. The summed E-state index contributed by atoms with van der Waals surface area (Å²) in [7, 11) is 0. The number of nitrogens with two attached hydrogens (primary N) is 1. The lowest BCUT2D eigenvalue weighted by atomic mass is 9.91. The first-order chi connectivity index (χ1) is 10.1. The smallest absolute Gasteiger partial charge is 0.162 e. The molecule has 3 nitrogen and oxygen atoms in total. The summed E-state index contributed by atoms with van der Waals surface area (Å²) in [6, 6.07) is 9.57. The maximum atomic E-state index is 6.47. The number of rotatable bonds is 2. The van der Waals surface area contributed by atoms with Crippen molar-refractivity contribution in [1.29, 1.82) is 0 Å². The lowest BCUT2D eigenvalue weighted by molar-refractivity contribution is 0.171. The van der Waals surface area contributed by atoms with Crippen LogP contribution < -0.4 is 15.2 Å². The van der Waals surface area contributed by atoms with Crippen molar-refractivity contribution >= 4 is 11.6 Å². The second-order valence-corrected chi connectivity index (χ2v) is 5.71. The van der Waals surface area contributed by atoms with Crippen LogP contribution in [-0.2, 0) is 0 Å². The Kier molecular flexibility index (Phi) is 3.79. The normalized spacial score (nSPS) is 14.9. The van der Waals surface area contributed by atoms with Crippen molar-refractivity contribution in [2.24, 2.45) is 5.73 Å². The molecule has 0 bridgehead atoms. The van der Waals surface area contributed by atoms with Gasteiger partial charge in [0.1, 0.15) is 13.2 Å². The van der Waals surface area contributed by atoms with Crippen LogP contribution in [0.3, 0.4) is 0 Å². The van der Waals surface area contributed by atoms with Crippen LogP contribution in [0.2, 0.25) is 5.02 Å². The van der Waals surface area contributed by atoms with Gasteiger partial charge in [-0.05, 0) is 42.2 Å². The van der Waals surface area contributed by atoms with E-state index in [9.17, 15) is 0 Å². The van der Waals surface area contributed by atoms with E-state index in [1.807, 2.05) is 12.1 Å². The Morgan fingerprint density at radius 1 is 1.05 bits per heavy atom. The number of hydrogen-bond acceptors (Lipinski definition) is 3. The van der Waals surface area contributed by atoms with E-state index in [1.54, 1.807) is 6.07 Å². The first kappa shape index (κ1) is 14.2. The average Bonchev–Trinajstić information content (AvgIpc) is 2.46. The van der Waals surface area contributed by atoms with Gasteiger partial charge in [0.2, 0.25) is 0 Å². The quantitative estimate of drug-likeness (QED) is 0.918. The van der Waals surface area contributed by atoms with Crippen molar-refractivity contribution in [3.8, 4) is 11.5 Å². The molecule has 1 aliphatic heterocycles. The minimum absolute atomic E-state index is 0.283. The van der Waals surface area contributed by atoms with E-state index in [1.165, 1.54) is 0 Å². The van der Waals surface area contributed by atoms with Crippen LogP contribution in [0, 0.1) is 13.8 Å². The minimum Gasteiger partial charge on any atom is -0.486 e. The number of halogens is 1. The van der Waals surface area contributed by atoms with Crippen LogP contribution in [-0.4, -0.2) is 13.2 Å². The summed E-state index contributed by atoms with van der Waals surface area (Å²) in [5, 5.41) is 0.606. The molecule has 0 spiro atoms. The fourth-order valence-electron chi connectivity index (χ4n) is 2.79. The maximum Gasteiger partial charge on any atom is 0.162 e. The van der Waals surface area contributed by atoms with Gasteiger partial charge in [-0.25, -0.2) is 0 Å². The number of benzene rings is 2. The van der Waals surface area contributed by atoms with Gasteiger partial charge in [-0.1, -0.05) is 29.8 Å². The molecule has 0 aromatic heterocycles. The second-order valence-electron chi connectivity index (χ2n) is 5.30. The third kappa shape index (κ3) is 2.59. The van der Waals surface area contributed by atoms with Gasteiger partial charge in [0, 0.05) is 11.1 Å². The van der Waals surface area contributed by atoms with Crippen LogP contribution in [0.1, 0.15) is 28.3 Å². The topological polar surface area (TPSA) is 44.5 Å². The molecule has 0 fully saturated rings. The number of hydrogen-bond donors (Lipinski definition) is 1. The van der Waals surface area contributed by atoms with E-state index in [0.29, 0.717) is 29.7 Å². The lowest BCUT2D eigenvalue weighted by Crippen LogP contribution is -2.18. The molecule has 0 aliphatic carbocycles. The van der Waals surface area contributed by atoms with E-state index in [0.717, 1.165) is 22.3 Å². The van der Waals surface area contributed by atoms with Gasteiger partial charge in [0.05, 0.1) is 6.04 Å². The first-order valence-electron chi connectivity index (χ1n) is 6.98. The molecule has 110 valence electrons. The fourth-order valence-corrected chi connectivity index (χ4v) is 3.06. The Morgan fingerprint density at radius 3 is 2.24 bits per heavy atom. The van der Waals surface area contributed by atoms with E-state index in [2.05, 4.69) is 26.0 Å². The van der Waals surface area contributed by atoms with Gasteiger partial charge in [0.25, 0.3) is 0 Å². The molecule has 2 N–H and O–H groups in total. The highest BCUT2D eigenvalue weighted by Crippen LogP contribution is 2.39. The van der Waals surface area contributed by atoms with Crippen molar-refractivity contribution in [2.45, 2.75) is 19.9 Å². The first-order valence-corrected chi connectivity index (χ1v) is 7.36. The van der Waals surface area contributed by atoms with E-state index in [-0.39, 0.29) is 6.04 Å². The predicted octanol–water partition coefficient (Wildman–Crippen LogP) is 3.78. The van der Waals surface area contributed by atoms with Crippen molar-refractivity contribution < 1.29 is 9.47 Å². The van der Waals surface area contributed by atoms with Gasteiger partial charge < -0.3 is 15.2 Å². The van der Waals surface area contributed by atoms with Gasteiger partial charge in [0.15, 0.2) is 11.5 Å². The summed E-state index contributed by atoms with van der Waals surface area (Å²) in [5.41, 5.74) is 10.8. The van der Waals surface area contributed by atoms with Gasteiger partial charge in [-0.2, -0.15) is 0 Å². The second kappa shape index (κ2) is 5.58. The standard InChI is InChI=1S/C17H18ClNO2/c1-10-4-3-5-11(2)16(10)17(19)12-8-14-15(9-13(12)18)21-7-6-20-14/h3-5,8-9,17H,6-7,19H2,1-2H3. The summed E-state index contributed by atoms with van der Waals surface area (Å²) in [6.07, 6.45) is 0.